The summed E-state index contributed by atoms with van der Waals surface area (Å²) in [6.45, 7) is 2.31. The summed E-state index contributed by atoms with van der Waals surface area (Å²) in [6.07, 6.45) is 3.37. The molecule has 166 valence electrons. The Morgan fingerprint density at radius 3 is 2.33 bits per heavy atom. The van der Waals surface area contributed by atoms with Crippen molar-refractivity contribution in [3.8, 4) is 11.3 Å². The van der Waals surface area contributed by atoms with Crippen molar-refractivity contribution in [1.82, 2.24) is 10.3 Å². The zero-order valence-corrected chi connectivity index (χ0v) is 18.2. The van der Waals surface area contributed by atoms with Gasteiger partial charge in [0.05, 0.1) is 12.6 Å². The molecule has 0 unspecified atom stereocenters. The maximum absolute atomic E-state index is 12.3. The van der Waals surface area contributed by atoms with Crippen molar-refractivity contribution in [2.24, 2.45) is 0 Å². The number of urea groups is 1. The first-order valence-electron chi connectivity index (χ1n) is 10.5. The van der Waals surface area contributed by atoms with Crippen LogP contribution in [0, 0.1) is 6.92 Å². The molecule has 1 aromatic heterocycles. The fourth-order valence-electron chi connectivity index (χ4n) is 3.42. The SMILES string of the molecule is Cc1cc(NC(=O)NCc2ccc(NC(=O)Cc3ccccc3)cc2)ccc1-c1cnco1. The van der Waals surface area contributed by atoms with Gasteiger partial charge in [-0.05, 0) is 53.9 Å². The summed E-state index contributed by atoms with van der Waals surface area (Å²) in [6, 6.07) is 22.3. The van der Waals surface area contributed by atoms with Crippen molar-refractivity contribution < 1.29 is 14.0 Å². The number of rotatable bonds is 7. The summed E-state index contributed by atoms with van der Waals surface area (Å²) in [5.74, 6) is 0.610. The quantitative estimate of drug-likeness (QED) is 0.370. The number of carbonyl (C=O) groups is 2. The van der Waals surface area contributed by atoms with Gasteiger partial charge in [0.25, 0.3) is 0 Å². The number of amides is 3. The van der Waals surface area contributed by atoms with Crippen LogP contribution in [-0.2, 0) is 17.8 Å². The van der Waals surface area contributed by atoms with Crippen LogP contribution in [0.15, 0.2) is 89.8 Å². The summed E-state index contributed by atoms with van der Waals surface area (Å²) >= 11 is 0. The molecular formula is C26H24N4O3. The summed E-state index contributed by atoms with van der Waals surface area (Å²) in [7, 11) is 0. The topological polar surface area (TPSA) is 96.3 Å². The van der Waals surface area contributed by atoms with Gasteiger partial charge in [-0.3, -0.25) is 4.79 Å². The predicted molar refractivity (Wildman–Crippen MR) is 128 cm³/mol. The number of aryl methyl sites for hydroxylation is 1. The van der Waals surface area contributed by atoms with Gasteiger partial charge in [0.15, 0.2) is 12.2 Å². The molecule has 0 fully saturated rings. The van der Waals surface area contributed by atoms with E-state index in [0.717, 1.165) is 22.3 Å². The Bertz CT molecular complexity index is 1220. The van der Waals surface area contributed by atoms with E-state index in [4.69, 9.17) is 4.42 Å². The molecule has 0 saturated carbocycles. The van der Waals surface area contributed by atoms with Crippen LogP contribution >= 0.6 is 0 Å². The molecule has 3 aromatic carbocycles. The lowest BCUT2D eigenvalue weighted by atomic mass is 10.1. The van der Waals surface area contributed by atoms with Gasteiger partial charge in [-0.2, -0.15) is 0 Å². The fourth-order valence-corrected chi connectivity index (χ4v) is 3.42. The zero-order chi connectivity index (χ0) is 23.0. The standard InChI is InChI=1S/C26H24N4O3/c1-18-13-22(11-12-23(18)24-16-27-17-33-24)30-26(32)28-15-20-7-9-21(10-8-20)29-25(31)14-19-5-3-2-4-6-19/h2-13,16-17H,14-15H2,1H3,(H,29,31)(H2,28,30,32). The van der Waals surface area contributed by atoms with E-state index >= 15 is 0 Å². The van der Waals surface area contributed by atoms with Crippen LogP contribution in [0.1, 0.15) is 16.7 Å². The number of hydrogen-bond acceptors (Lipinski definition) is 4. The second-order valence-corrected chi connectivity index (χ2v) is 7.61. The zero-order valence-electron chi connectivity index (χ0n) is 18.2. The normalized spacial score (nSPS) is 10.5. The number of carbonyl (C=O) groups excluding carboxylic acids is 2. The highest BCUT2D eigenvalue weighted by molar-refractivity contribution is 5.92. The van der Waals surface area contributed by atoms with Crippen LogP contribution in [-0.4, -0.2) is 16.9 Å². The molecule has 0 bridgehead atoms. The molecular weight excluding hydrogens is 416 g/mol. The summed E-state index contributed by atoms with van der Waals surface area (Å²) in [4.78, 5) is 28.4. The minimum atomic E-state index is -0.304. The van der Waals surface area contributed by atoms with Crippen LogP contribution in [0.25, 0.3) is 11.3 Å². The van der Waals surface area contributed by atoms with Gasteiger partial charge in [-0.25, -0.2) is 9.78 Å². The van der Waals surface area contributed by atoms with Crippen LogP contribution in [0.3, 0.4) is 0 Å². The first-order valence-corrected chi connectivity index (χ1v) is 10.5. The highest BCUT2D eigenvalue weighted by atomic mass is 16.3. The third kappa shape index (κ3) is 6.07. The first kappa shape index (κ1) is 21.8. The van der Waals surface area contributed by atoms with Gasteiger partial charge in [0.2, 0.25) is 5.91 Å². The molecule has 0 radical (unpaired) electrons. The molecule has 0 aliphatic heterocycles. The second-order valence-electron chi connectivity index (χ2n) is 7.61. The van der Waals surface area contributed by atoms with E-state index in [1.807, 2.05) is 79.7 Å². The van der Waals surface area contributed by atoms with Gasteiger partial charge in [-0.15, -0.1) is 0 Å². The lowest BCUT2D eigenvalue weighted by Gasteiger charge is -2.10. The van der Waals surface area contributed by atoms with E-state index in [2.05, 4.69) is 20.9 Å². The number of anilines is 2. The number of oxazole rings is 1. The molecule has 3 N–H and O–H groups in total. The molecule has 7 nitrogen and oxygen atoms in total. The molecule has 4 rings (SSSR count). The van der Waals surface area contributed by atoms with E-state index < -0.39 is 0 Å². The minimum Gasteiger partial charge on any atom is -0.444 e. The molecule has 33 heavy (non-hydrogen) atoms. The van der Waals surface area contributed by atoms with Crippen molar-refractivity contribution in [1.29, 1.82) is 0 Å². The average molecular weight is 441 g/mol. The van der Waals surface area contributed by atoms with Crippen molar-refractivity contribution in [2.45, 2.75) is 19.9 Å². The molecule has 7 heteroatoms. The highest BCUT2D eigenvalue weighted by Crippen LogP contribution is 2.25. The van der Waals surface area contributed by atoms with Crippen LogP contribution in [0.5, 0.6) is 0 Å². The van der Waals surface area contributed by atoms with Crippen molar-refractivity contribution in [2.75, 3.05) is 10.6 Å². The van der Waals surface area contributed by atoms with Gasteiger partial charge >= 0.3 is 6.03 Å². The second kappa shape index (κ2) is 10.3. The smallest absolute Gasteiger partial charge is 0.319 e. The number of nitrogens with one attached hydrogen (secondary N) is 3. The Morgan fingerprint density at radius 2 is 1.64 bits per heavy atom. The van der Waals surface area contributed by atoms with Gasteiger partial charge in [0, 0.05) is 23.5 Å². The van der Waals surface area contributed by atoms with Gasteiger partial charge in [-0.1, -0.05) is 42.5 Å². The Kier molecular flexibility index (Phi) is 6.80. The maximum atomic E-state index is 12.3. The Hall–Kier alpha value is -4.39. The van der Waals surface area contributed by atoms with Gasteiger partial charge < -0.3 is 20.4 Å². The fraction of sp³-hybridized carbons (Fsp3) is 0.115. The molecule has 4 aromatic rings. The van der Waals surface area contributed by atoms with E-state index in [-0.39, 0.29) is 11.9 Å². The largest absolute Gasteiger partial charge is 0.444 e. The van der Waals surface area contributed by atoms with Crippen molar-refractivity contribution >= 4 is 23.3 Å². The molecule has 0 atom stereocenters. The van der Waals surface area contributed by atoms with E-state index in [0.29, 0.717) is 30.1 Å². The lowest BCUT2D eigenvalue weighted by molar-refractivity contribution is -0.115. The predicted octanol–water partition coefficient (Wildman–Crippen LogP) is 5.15. The molecule has 0 saturated heterocycles. The molecule has 1 heterocycles. The Labute approximate surface area is 191 Å². The number of benzene rings is 3. The Morgan fingerprint density at radius 1 is 0.879 bits per heavy atom. The third-order valence-corrected chi connectivity index (χ3v) is 5.08. The molecule has 0 spiro atoms. The first-order chi connectivity index (χ1) is 16.1. The number of hydrogen-bond donors (Lipinski definition) is 3. The van der Waals surface area contributed by atoms with Crippen molar-refractivity contribution in [3.63, 3.8) is 0 Å². The summed E-state index contributed by atoms with van der Waals surface area (Å²) < 4.78 is 5.33. The number of aromatic nitrogens is 1. The summed E-state index contributed by atoms with van der Waals surface area (Å²) in [5.41, 5.74) is 5.17. The van der Waals surface area contributed by atoms with Gasteiger partial charge in [0.1, 0.15) is 0 Å². The van der Waals surface area contributed by atoms with Crippen LogP contribution in [0.2, 0.25) is 0 Å². The van der Waals surface area contributed by atoms with E-state index in [9.17, 15) is 9.59 Å². The highest BCUT2D eigenvalue weighted by Gasteiger charge is 2.08. The number of nitrogens with zero attached hydrogens (tertiary/aromatic N) is 1. The Balaban J connectivity index is 1.25. The van der Waals surface area contributed by atoms with Crippen LogP contribution < -0.4 is 16.0 Å². The third-order valence-electron chi connectivity index (χ3n) is 5.08. The van der Waals surface area contributed by atoms with Crippen LogP contribution in [0.4, 0.5) is 16.2 Å². The van der Waals surface area contributed by atoms with E-state index in [1.54, 1.807) is 6.20 Å². The maximum Gasteiger partial charge on any atom is 0.319 e. The lowest BCUT2D eigenvalue weighted by Crippen LogP contribution is -2.28. The summed E-state index contributed by atoms with van der Waals surface area (Å²) in [5, 5.41) is 8.55. The van der Waals surface area contributed by atoms with Crippen molar-refractivity contribution in [3.05, 3.63) is 102 Å². The monoisotopic (exact) mass is 440 g/mol. The molecule has 3 amide bonds. The molecule has 0 aliphatic carbocycles. The average Bonchev–Trinajstić information content (AvgIpc) is 3.34. The van der Waals surface area contributed by atoms with E-state index in [1.165, 1.54) is 6.39 Å². The molecule has 0 aliphatic rings. The minimum absolute atomic E-state index is 0.0731.